The van der Waals surface area contributed by atoms with Gasteiger partial charge >= 0.3 is 0 Å². The Kier molecular flexibility index (Phi) is 3.40. The molecule has 1 aromatic carbocycles. The first-order valence-corrected chi connectivity index (χ1v) is 5.31. The fourth-order valence-electron chi connectivity index (χ4n) is 1.86. The zero-order chi connectivity index (χ0) is 11.4. The van der Waals surface area contributed by atoms with E-state index in [0.717, 1.165) is 18.7 Å². The molecule has 0 saturated carbocycles. The Morgan fingerprint density at radius 1 is 1.25 bits per heavy atom. The predicted molar refractivity (Wildman–Crippen MR) is 58.9 cm³/mol. The van der Waals surface area contributed by atoms with Crippen molar-refractivity contribution in [3.05, 3.63) is 29.8 Å². The first-order valence-electron chi connectivity index (χ1n) is 5.31. The van der Waals surface area contributed by atoms with Crippen LogP contribution in [0.25, 0.3) is 0 Å². The van der Waals surface area contributed by atoms with Crippen LogP contribution in [0, 0.1) is 11.3 Å². The smallest absolute Gasteiger partial charge is 0.124 e. The third-order valence-electron chi connectivity index (χ3n) is 2.74. The summed E-state index contributed by atoms with van der Waals surface area (Å²) in [5, 5.41) is 18.4. The van der Waals surface area contributed by atoms with Gasteiger partial charge in [-0.3, -0.25) is 4.90 Å². The van der Waals surface area contributed by atoms with Crippen LogP contribution in [-0.4, -0.2) is 36.3 Å². The molecule has 0 aromatic heterocycles. The Morgan fingerprint density at radius 2 is 1.88 bits per heavy atom. The van der Waals surface area contributed by atoms with Gasteiger partial charge in [0.15, 0.2) is 0 Å². The second-order valence-electron chi connectivity index (χ2n) is 3.77. The summed E-state index contributed by atoms with van der Waals surface area (Å²) < 4.78 is 5.26. The topological polar surface area (TPSA) is 56.5 Å². The number of hydrogen-bond acceptors (Lipinski definition) is 4. The highest BCUT2D eigenvalue weighted by Crippen LogP contribution is 2.22. The molecule has 0 bridgehead atoms. The average Bonchev–Trinajstić information content (AvgIpc) is 2.34. The number of hydrogen-bond donors (Lipinski definition) is 1. The molecule has 84 valence electrons. The van der Waals surface area contributed by atoms with Gasteiger partial charge in [-0.15, -0.1) is 0 Å². The number of aromatic hydroxyl groups is 1. The van der Waals surface area contributed by atoms with Crippen LogP contribution in [0.15, 0.2) is 24.3 Å². The van der Waals surface area contributed by atoms with Gasteiger partial charge in [-0.1, -0.05) is 12.1 Å². The first-order chi connectivity index (χ1) is 7.81. The summed E-state index contributed by atoms with van der Waals surface area (Å²) >= 11 is 0. The minimum absolute atomic E-state index is 0.224. The molecule has 4 heteroatoms. The third kappa shape index (κ3) is 2.32. The van der Waals surface area contributed by atoms with E-state index < -0.39 is 0 Å². The Labute approximate surface area is 94.7 Å². The fourth-order valence-corrected chi connectivity index (χ4v) is 1.86. The predicted octanol–water partition coefficient (Wildman–Crippen LogP) is 1.29. The summed E-state index contributed by atoms with van der Waals surface area (Å²) in [4.78, 5) is 2.09. The van der Waals surface area contributed by atoms with Crippen LogP contribution in [-0.2, 0) is 4.74 Å². The summed E-state index contributed by atoms with van der Waals surface area (Å²) in [5.74, 6) is 0.224. The molecule has 0 amide bonds. The number of nitrogens with zero attached hydrogens (tertiary/aromatic N) is 2. The molecule has 1 aromatic rings. The van der Waals surface area contributed by atoms with Crippen LogP contribution >= 0.6 is 0 Å². The highest BCUT2D eigenvalue weighted by atomic mass is 16.5. The number of morpholine rings is 1. The van der Waals surface area contributed by atoms with Crippen LogP contribution in [0.5, 0.6) is 5.75 Å². The number of phenols is 1. The van der Waals surface area contributed by atoms with Crippen molar-refractivity contribution in [1.29, 1.82) is 5.26 Å². The van der Waals surface area contributed by atoms with Crippen molar-refractivity contribution in [3.63, 3.8) is 0 Å². The van der Waals surface area contributed by atoms with Gasteiger partial charge in [0.25, 0.3) is 0 Å². The van der Waals surface area contributed by atoms with Crippen LogP contribution in [0.3, 0.4) is 0 Å². The van der Waals surface area contributed by atoms with E-state index in [1.165, 1.54) is 0 Å². The molecular weight excluding hydrogens is 204 g/mol. The second-order valence-corrected chi connectivity index (χ2v) is 3.77. The van der Waals surface area contributed by atoms with Gasteiger partial charge in [-0.25, -0.2) is 0 Å². The van der Waals surface area contributed by atoms with Gasteiger partial charge in [0.1, 0.15) is 11.8 Å². The third-order valence-corrected chi connectivity index (χ3v) is 2.74. The minimum atomic E-state index is -0.246. The van der Waals surface area contributed by atoms with E-state index in [4.69, 9.17) is 4.74 Å². The number of phenolic OH excluding ortho intramolecular Hbond substituents is 1. The lowest BCUT2D eigenvalue weighted by molar-refractivity contribution is 0.0266. The van der Waals surface area contributed by atoms with E-state index in [0.29, 0.717) is 13.2 Å². The summed E-state index contributed by atoms with van der Waals surface area (Å²) in [6.45, 7) is 2.91. The number of rotatable bonds is 2. The van der Waals surface area contributed by atoms with Crippen molar-refractivity contribution in [2.45, 2.75) is 6.04 Å². The van der Waals surface area contributed by atoms with E-state index >= 15 is 0 Å². The summed E-state index contributed by atoms with van der Waals surface area (Å²) in [6, 6.07) is 8.85. The minimum Gasteiger partial charge on any atom is -0.508 e. The lowest BCUT2D eigenvalue weighted by Gasteiger charge is -2.30. The lowest BCUT2D eigenvalue weighted by Crippen LogP contribution is -2.38. The summed E-state index contributed by atoms with van der Waals surface area (Å²) in [7, 11) is 0. The van der Waals surface area contributed by atoms with Crippen molar-refractivity contribution >= 4 is 0 Å². The zero-order valence-corrected chi connectivity index (χ0v) is 8.97. The summed E-state index contributed by atoms with van der Waals surface area (Å²) in [6.07, 6.45) is 0. The monoisotopic (exact) mass is 218 g/mol. The molecule has 0 aliphatic carbocycles. The SMILES string of the molecule is N#C[C@@H](c1ccc(O)cc1)N1CCOCC1. The largest absolute Gasteiger partial charge is 0.508 e. The van der Waals surface area contributed by atoms with Crippen LogP contribution < -0.4 is 0 Å². The van der Waals surface area contributed by atoms with Crippen molar-refractivity contribution in [1.82, 2.24) is 4.90 Å². The lowest BCUT2D eigenvalue weighted by atomic mass is 10.1. The van der Waals surface area contributed by atoms with Crippen LogP contribution in [0.2, 0.25) is 0 Å². The van der Waals surface area contributed by atoms with Crippen molar-refractivity contribution in [3.8, 4) is 11.8 Å². The van der Waals surface area contributed by atoms with Crippen molar-refractivity contribution in [2.24, 2.45) is 0 Å². The van der Waals surface area contributed by atoms with Gasteiger partial charge in [-0.05, 0) is 17.7 Å². The van der Waals surface area contributed by atoms with E-state index in [9.17, 15) is 10.4 Å². The number of benzene rings is 1. The molecule has 0 spiro atoms. The van der Waals surface area contributed by atoms with Gasteiger partial charge < -0.3 is 9.84 Å². The normalized spacial score (nSPS) is 18.9. The molecule has 1 N–H and O–H groups in total. The van der Waals surface area contributed by atoms with Gasteiger partial charge in [-0.2, -0.15) is 5.26 Å². The molecular formula is C12H14N2O2. The molecule has 1 heterocycles. The first kappa shape index (κ1) is 10.9. The van der Waals surface area contributed by atoms with Crippen LogP contribution in [0.4, 0.5) is 0 Å². The Bertz CT molecular complexity index is 377. The highest BCUT2D eigenvalue weighted by molar-refractivity contribution is 5.30. The molecule has 0 unspecified atom stereocenters. The standard InChI is InChI=1S/C12H14N2O2/c13-9-12(14-5-7-16-8-6-14)10-1-3-11(15)4-2-10/h1-4,12,15H,5-8H2/t12-/m0/s1. The molecule has 1 aliphatic rings. The highest BCUT2D eigenvalue weighted by Gasteiger charge is 2.21. The maximum absolute atomic E-state index is 9.21. The Balaban J connectivity index is 2.15. The zero-order valence-electron chi connectivity index (χ0n) is 8.97. The Morgan fingerprint density at radius 3 is 2.44 bits per heavy atom. The van der Waals surface area contributed by atoms with E-state index in [1.807, 2.05) is 0 Å². The maximum atomic E-state index is 9.21. The molecule has 1 aliphatic heterocycles. The molecule has 2 rings (SSSR count). The van der Waals surface area contributed by atoms with E-state index in [2.05, 4.69) is 11.0 Å². The average molecular weight is 218 g/mol. The molecule has 1 atom stereocenters. The second kappa shape index (κ2) is 4.97. The van der Waals surface area contributed by atoms with Crippen molar-refractivity contribution in [2.75, 3.05) is 26.3 Å². The molecule has 4 nitrogen and oxygen atoms in total. The van der Waals surface area contributed by atoms with Gasteiger partial charge in [0, 0.05) is 13.1 Å². The molecule has 1 fully saturated rings. The van der Waals surface area contributed by atoms with Gasteiger partial charge in [0.2, 0.25) is 0 Å². The van der Waals surface area contributed by atoms with Crippen LogP contribution in [0.1, 0.15) is 11.6 Å². The van der Waals surface area contributed by atoms with Gasteiger partial charge in [0.05, 0.1) is 19.3 Å². The number of nitriles is 1. The maximum Gasteiger partial charge on any atom is 0.124 e. The fraction of sp³-hybridized carbons (Fsp3) is 0.417. The Hall–Kier alpha value is -1.57. The van der Waals surface area contributed by atoms with E-state index in [1.54, 1.807) is 24.3 Å². The molecule has 16 heavy (non-hydrogen) atoms. The quantitative estimate of drug-likeness (QED) is 0.812. The summed E-state index contributed by atoms with van der Waals surface area (Å²) in [5.41, 5.74) is 0.919. The van der Waals surface area contributed by atoms with Crippen molar-refractivity contribution < 1.29 is 9.84 Å². The van der Waals surface area contributed by atoms with E-state index in [-0.39, 0.29) is 11.8 Å². The molecule has 1 saturated heterocycles. The number of ether oxygens (including phenoxy) is 1. The molecule has 0 radical (unpaired) electrons.